The number of ether oxygens (including phenoxy) is 1. The minimum absolute atomic E-state index is 0. The molecule has 24 heavy (non-hydrogen) atoms. The first-order chi connectivity index (χ1) is 11.0. The largest absolute Gasteiger partial charge is 0.381 e. The second kappa shape index (κ2) is 9.35. The Kier molecular flexibility index (Phi) is 8.13. The molecular formula is C18H28ClFN2O2. The van der Waals surface area contributed by atoms with Crippen LogP contribution in [-0.2, 0) is 14.9 Å². The highest BCUT2D eigenvalue weighted by Gasteiger charge is 2.35. The highest BCUT2D eigenvalue weighted by atomic mass is 35.5. The summed E-state index contributed by atoms with van der Waals surface area (Å²) < 4.78 is 18.7. The number of halogens is 2. The van der Waals surface area contributed by atoms with Gasteiger partial charge in [-0.2, -0.15) is 0 Å². The van der Waals surface area contributed by atoms with Crippen LogP contribution < -0.4 is 11.1 Å². The Labute approximate surface area is 149 Å². The van der Waals surface area contributed by atoms with Crippen LogP contribution in [0.3, 0.4) is 0 Å². The number of hydrogen-bond donors (Lipinski definition) is 2. The van der Waals surface area contributed by atoms with Crippen molar-refractivity contribution in [1.82, 2.24) is 5.32 Å². The normalized spacial score (nSPS) is 19.0. The molecule has 1 heterocycles. The topological polar surface area (TPSA) is 64.4 Å². The van der Waals surface area contributed by atoms with Gasteiger partial charge in [-0.1, -0.05) is 32.4 Å². The van der Waals surface area contributed by atoms with Gasteiger partial charge in [-0.25, -0.2) is 4.39 Å². The molecule has 0 aliphatic carbocycles. The molecule has 2 unspecified atom stereocenters. The van der Waals surface area contributed by atoms with Crippen LogP contribution in [0.1, 0.15) is 38.7 Å². The number of nitrogens with one attached hydrogen (secondary N) is 1. The van der Waals surface area contributed by atoms with Crippen molar-refractivity contribution in [1.29, 1.82) is 0 Å². The number of amides is 1. The van der Waals surface area contributed by atoms with E-state index in [-0.39, 0.29) is 35.5 Å². The molecule has 6 heteroatoms. The van der Waals surface area contributed by atoms with Crippen LogP contribution in [0.25, 0.3) is 0 Å². The van der Waals surface area contributed by atoms with Gasteiger partial charge < -0.3 is 15.8 Å². The van der Waals surface area contributed by atoms with Gasteiger partial charge >= 0.3 is 0 Å². The molecule has 1 aliphatic rings. The van der Waals surface area contributed by atoms with E-state index in [4.69, 9.17) is 10.5 Å². The zero-order valence-corrected chi connectivity index (χ0v) is 15.2. The van der Waals surface area contributed by atoms with Crippen molar-refractivity contribution in [2.75, 3.05) is 19.8 Å². The SMILES string of the molecule is CCC(C)C(N)C(=O)NCC1(c2ccc(F)cc2)CCOCC1.Cl. The minimum Gasteiger partial charge on any atom is -0.381 e. The van der Waals surface area contributed by atoms with E-state index < -0.39 is 6.04 Å². The van der Waals surface area contributed by atoms with Crippen molar-refractivity contribution >= 4 is 18.3 Å². The van der Waals surface area contributed by atoms with Gasteiger partial charge in [0, 0.05) is 25.2 Å². The van der Waals surface area contributed by atoms with Gasteiger partial charge in [0.1, 0.15) is 5.82 Å². The van der Waals surface area contributed by atoms with Gasteiger partial charge in [0.05, 0.1) is 6.04 Å². The molecule has 0 saturated carbocycles. The molecule has 4 nitrogen and oxygen atoms in total. The third-order valence-corrected chi connectivity index (χ3v) is 5.07. The molecule has 0 spiro atoms. The van der Waals surface area contributed by atoms with Crippen LogP contribution in [0.4, 0.5) is 4.39 Å². The predicted molar refractivity (Wildman–Crippen MR) is 95.8 cm³/mol. The van der Waals surface area contributed by atoms with Crippen LogP contribution in [0.15, 0.2) is 24.3 Å². The van der Waals surface area contributed by atoms with Crippen LogP contribution in [0.2, 0.25) is 0 Å². The molecule has 0 radical (unpaired) electrons. The van der Waals surface area contributed by atoms with E-state index in [1.165, 1.54) is 12.1 Å². The Morgan fingerprint density at radius 3 is 2.46 bits per heavy atom. The summed E-state index contributed by atoms with van der Waals surface area (Å²) in [5.41, 5.74) is 6.83. The van der Waals surface area contributed by atoms with E-state index >= 15 is 0 Å². The number of benzene rings is 1. The maximum atomic E-state index is 13.2. The molecule has 1 aromatic carbocycles. The maximum Gasteiger partial charge on any atom is 0.237 e. The highest BCUT2D eigenvalue weighted by Crippen LogP contribution is 2.34. The monoisotopic (exact) mass is 358 g/mol. The molecule has 2 rings (SSSR count). The van der Waals surface area contributed by atoms with Crippen molar-refractivity contribution in [3.63, 3.8) is 0 Å². The summed E-state index contributed by atoms with van der Waals surface area (Å²) in [4.78, 5) is 12.3. The van der Waals surface area contributed by atoms with Crippen molar-refractivity contribution in [3.8, 4) is 0 Å². The molecule has 1 fully saturated rings. The minimum atomic E-state index is -0.495. The Hall–Kier alpha value is -1.17. The zero-order valence-electron chi connectivity index (χ0n) is 14.4. The van der Waals surface area contributed by atoms with E-state index in [9.17, 15) is 9.18 Å². The quantitative estimate of drug-likeness (QED) is 0.821. The number of hydrogen-bond acceptors (Lipinski definition) is 3. The summed E-state index contributed by atoms with van der Waals surface area (Å²) in [7, 11) is 0. The summed E-state index contributed by atoms with van der Waals surface area (Å²) in [6.45, 7) is 5.80. The second-order valence-electron chi connectivity index (χ2n) is 6.53. The molecule has 136 valence electrons. The Morgan fingerprint density at radius 1 is 1.33 bits per heavy atom. The molecule has 1 aliphatic heterocycles. The van der Waals surface area contributed by atoms with Crippen molar-refractivity contribution in [2.24, 2.45) is 11.7 Å². The van der Waals surface area contributed by atoms with Gasteiger partial charge in [0.25, 0.3) is 0 Å². The lowest BCUT2D eigenvalue weighted by atomic mass is 9.74. The molecule has 0 bridgehead atoms. The molecule has 3 N–H and O–H groups in total. The summed E-state index contributed by atoms with van der Waals surface area (Å²) in [6, 6.07) is 6.06. The smallest absolute Gasteiger partial charge is 0.237 e. The fourth-order valence-electron chi connectivity index (χ4n) is 3.02. The average molecular weight is 359 g/mol. The molecular weight excluding hydrogens is 331 g/mol. The van der Waals surface area contributed by atoms with E-state index in [2.05, 4.69) is 5.32 Å². The van der Waals surface area contributed by atoms with Crippen molar-refractivity contribution in [3.05, 3.63) is 35.6 Å². The van der Waals surface area contributed by atoms with E-state index in [1.807, 2.05) is 13.8 Å². The van der Waals surface area contributed by atoms with Crippen LogP contribution in [0.5, 0.6) is 0 Å². The van der Waals surface area contributed by atoms with Gasteiger partial charge in [-0.05, 0) is 36.5 Å². The first-order valence-corrected chi connectivity index (χ1v) is 8.35. The highest BCUT2D eigenvalue weighted by molar-refractivity contribution is 5.85. The molecule has 2 atom stereocenters. The third kappa shape index (κ3) is 4.91. The summed E-state index contributed by atoms with van der Waals surface area (Å²) in [5.74, 6) is -0.224. The lowest BCUT2D eigenvalue weighted by Gasteiger charge is -2.38. The van der Waals surface area contributed by atoms with E-state index in [1.54, 1.807) is 12.1 Å². The maximum absolute atomic E-state index is 13.2. The fourth-order valence-corrected chi connectivity index (χ4v) is 3.02. The average Bonchev–Trinajstić information content (AvgIpc) is 2.59. The first-order valence-electron chi connectivity index (χ1n) is 8.35. The summed E-state index contributed by atoms with van der Waals surface area (Å²) >= 11 is 0. The van der Waals surface area contributed by atoms with Crippen LogP contribution in [-0.4, -0.2) is 31.7 Å². The zero-order chi connectivity index (χ0) is 16.9. The predicted octanol–water partition coefficient (Wildman–Crippen LogP) is 2.79. The number of rotatable bonds is 6. The van der Waals surface area contributed by atoms with Crippen molar-refractivity contribution in [2.45, 2.75) is 44.6 Å². The standard InChI is InChI=1S/C18H27FN2O2.ClH/c1-3-13(2)16(20)17(22)21-12-18(8-10-23-11-9-18)14-4-6-15(19)7-5-14;/h4-7,13,16H,3,8-12,20H2,1-2H3,(H,21,22);1H. The lowest BCUT2D eigenvalue weighted by molar-refractivity contribution is -0.123. The molecule has 1 saturated heterocycles. The molecule has 0 aromatic heterocycles. The molecule has 1 aromatic rings. The van der Waals surface area contributed by atoms with Gasteiger partial charge in [-0.15, -0.1) is 12.4 Å². The number of carbonyl (C=O) groups excluding carboxylic acids is 1. The van der Waals surface area contributed by atoms with Gasteiger partial charge in [-0.3, -0.25) is 4.79 Å². The lowest BCUT2D eigenvalue weighted by Crippen LogP contribution is -2.50. The van der Waals surface area contributed by atoms with Crippen molar-refractivity contribution < 1.29 is 13.9 Å². The van der Waals surface area contributed by atoms with Crippen LogP contribution >= 0.6 is 12.4 Å². The molecule has 1 amide bonds. The van der Waals surface area contributed by atoms with E-state index in [0.717, 1.165) is 24.8 Å². The Morgan fingerprint density at radius 2 is 1.92 bits per heavy atom. The van der Waals surface area contributed by atoms with Gasteiger partial charge in [0.15, 0.2) is 0 Å². The van der Waals surface area contributed by atoms with Crippen LogP contribution in [0, 0.1) is 11.7 Å². The number of carbonyl (C=O) groups is 1. The Bertz CT molecular complexity index is 518. The third-order valence-electron chi connectivity index (χ3n) is 5.07. The fraction of sp³-hybridized carbons (Fsp3) is 0.611. The first kappa shape index (κ1) is 20.9. The second-order valence-corrected chi connectivity index (χ2v) is 6.53. The summed E-state index contributed by atoms with van der Waals surface area (Å²) in [5, 5.41) is 3.01. The Balaban J connectivity index is 0.00000288. The van der Waals surface area contributed by atoms with Gasteiger partial charge in [0.2, 0.25) is 5.91 Å². The number of nitrogens with two attached hydrogens (primary N) is 1. The summed E-state index contributed by atoms with van der Waals surface area (Å²) in [6.07, 6.45) is 2.47. The van der Waals surface area contributed by atoms with E-state index in [0.29, 0.717) is 19.8 Å².